The Morgan fingerprint density at radius 2 is 1.71 bits per heavy atom. The van der Waals surface area contributed by atoms with Gasteiger partial charge in [-0.25, -0.2) is 9.97 Å². The number of ether oxygens (including phenoxy) is 3. The van der Waals surface area contributed by atoms with Crippen molar-refractivity contribution in [1.29, 1.82) is 5.26 Å². The lowest BCUT2D eigenvalue weighted by Gasteiger charge is -2.34. The second kappa shape index (κ2) is 19.8. The summed E-state index contributed by atoms with van der Waals surface area (Å²) < 4.78 is 17.7. The van der Waals surface area contributed by atoms with Gasteiger partial charge in [-0.3, -0.25) is 24.3 Å². The van der Waals surface area contributed by atoms with E-state index in [4.69, 9.17) is 19.3 Å². The van der Waals surface area contributed by atoms with Crippen LogP contribution >= 0.6 is 0 Å². The number of rotatable bonds is 18. The number of hydrogen-bond acceptors (Lipinski definition) is 14. The molecule has 0 aromatic carbocycles. The summed E-state index contributed by atoms with van der Waals surface area (Å²) in [6, 6.07) is 7.63. The summed E-state index contributed by atoms with van der Waals surface area (Å²) in [7, 11) is 1.45. The van der Waals surface area contributed by atoms with Crippen LogP contribution in [0.15, 0.2) is 48.7 Å². The van der Waals surface area contributed by atoms with Gasteiger partial charge >= 0.3 is 0 Å². The first-order chi connectivity index (χ1) is 27.4. The summed E-state index contributed by atoms with van der Waals surface area (Å²) >= 11 is 0. The van der Waals surface area contributed by atoms with Gasteiger partial charge in [0.2, 0.25) is 5.82 Å². The SMILES string of the molecule is COc1cnc(-n2cnc(C(=O)NCCCN3CCN(CCOCCOCCO)CC3)n2)c2[nH]cc(C(=O)C(=O)N3CCC(=C(C#N)c4ccccn4)CC3)c12. The second-order valence-electron chi connectivity index (χ2n) is 13.3. The van der Waals surface area contributed by atoms with E-state index in [-0.39, 0.29) is 42.7 Å². The molecule has 4 aromatic rings. The third kappa shape index (κ3) is 9.80. The number of aliphatic hydroxyl groups is 1. The third-order valence-electron chi connectivity index (χ3n) is 9.83. The van der Waals surface area contributed by atoms with Crippen LogP contribution in [0.5, 0.6) is 5.75 Å². The quantitative estimate of drug-likeness (QED) is 0.0559. The average molecular weight is 770 g/mol. The van der Waals surface area contributed by atoms with E-state index in [0.717, 1.165) is 51.3 Å². The Morgan fingerprint density at radius 3 is 2.41 bits per heavy atom. The van der Waals surface area contributed by atoms with Gasteiger partial charge in [0.15, 0.2) is 5.82 Å². The molecular formula is C38H47N11O7. The summed E-state index contributed by atoms with van der Waals surface area (Å²) in [6.45, 7) is 8.52. The lowest BCUT2D eigenvalue weighted by atomic mass is 9.95. The molecule has 6 heterocycles. The van der Waals surface area contributed by atoms with Crippen LogP contribution in [0.25, 0.3) is 22.3 Å². The molecule has 296 valence electrons. The predicted octanol–water partition coefficient (Wildman–Crippen LogP) is 1.09. The van der Waals surface area contributed by atoms with E-state index < -0.39 is 17.6 Å². The van der Waals surface area contributed by atoms with Crippen LogP contribution in [0, 0.1) is 11.3 Å². The lowest BCUT2D eigenvalue weighted by molar-refractivity contribution is -0.126. The number of hydrogen-bond donors (Lipinski definition) is 3. The Labute approximate surface area is 324 Å². The zero-order chi connectivity index (χ0) is 39.3. The topological polar surface area (TPSA) is 217 Å². The summed E-state index contributed by atoms with van der Waals surface area (Å²) in [5, 5.41) is 26.1. The fraction of sp³-hybridized carbons (Fsp3) is 0.474. The standard InChI is InChI=1S/C38H47N11O7/c1-54-31-25-43-36(33-32(31)29(24-42-33)34(51)38(53)48-11-6-27(7-12-48)28(23-39)30-5-2-3-8-40-30)49-26-44-35(45-49)37(52)41-9-4-10-46-13-15-47(16-14-46)17-19-55-21-22-56-20-18-50/h2-3,5,8,24-26,42,50H,4,6-7,9-22H2,1H3,(H,41,52). The number of methoxy groups -OCH3 is 1. The number of ketones is 1. The zero-order valence-corrected chi connectivity index (χ0v) is 31.5. The Morgan fingerprint density at radius 1 is 0.964 bits per heavy atom. The molecule has 0 saturated carbocycles. The van der Waals surface area contributed by atoms with Crippen molar-refractivity contribution in [2.45, 2.75) is 19.3 Å². The lowest BCUT2D eigenvalue weighted by Crippen LogP contribution is -2.47. The van der Waals surface area contributed by atoms with Gasteiger partial charge in [0.1, 0.15) is 18.1 Å². The molecule has 2 amide bonds. The van der Waals surface area contributed by atoms with Crippen LogP contribution in [0.4, 0.5) is 0 Å². The normalized spacial score (nSPS) is 15.2. The number of aromatic nitrogens is 6. The maximum Gasteiger partial charge on any atom is 0.295 e. The van der Waals surface area contributed by atoms with Gasteiger partial charge in [-0.15, -0.1) is 5.10 Å². The van der Waals surface area contributed by atoms with E-state index in [1.165, 1.54) is 35.4 Å². The first kappa shape index (κ1) is 40.1. The van der Waals surface area contributed by atoms with Gasteiger partial charge in [0.25, 0.3) is 17.6 Å². The Bertz CT molecular complexity index is 2020. The number of allylic oxidation sites excluding steroid dienone is 1. The van der Waals surface area contributed by atoms with Crippen molar-refractivity contribution in [1.82, 2.24) is 49.7 Å². The number of aromatic amines is 1. The van der Waals surface area contributed by atoms with Crippen molar-refractivity contribution >= 4 is 34.1 Å². The molecule has 56 heavy (non-hydrogen) atoms. The number of carbonyl (C=O) groups is 3. The molecule has 0 bridgehead atoms. The fourth-order valence-corrected chi connectivity index (χ4v) is 6.80. The summed E-state index contributed by atoms with van der Waals surface area (Å²) in [4.78, 5) is 62.4. The molecule has 4 aromatic heterocycles. The molecule has 18 heteroatoms. The summed E-state index contributed by atoms with van der Waals surface area (Å²) in [5.41, 5.74) is 2.48. The molecule has 0 radical (unpaired) electrons. The highest BCUT2D eigenvalue weighted by Gasteiger charge is 2.31. The highest BCUT2D eigenvalue weighted by atomic mass is 16.5. The molecule has 3 N–H and O–H groups in total. The highest BCUT2D eigenvalue weighted by molar-refractivity contribution is 6.45. The number of nitrogens with one attached hydrogen (secondary N) is 2. The monoisotopic (exact) mass is 769 g/mol. The van der Waals surface area contributed by atoms with Crippen LogP contribution < -0.4 is 10.1 Å². The highest BCUT2D eigenvalue weighted by Crippen LogP contribution is 2.32. The minimum absolute atomic E-state index is 0.0168. The maximum absolute atomic E-state index is 13.7. The number of amides is 2. The number of likely N-dealkylation sites (tertiary alicyclic amines) is 1. The van der Waals surface area contributed by atoms with Gasteiger partial charge in [0.05, 0.1) is 74.1 Å². The minimum Gasteiger partial charge on any atom is -0.494 e. The van der Waals surface area contributed by atoms with Crippen molar-refractivity contribution in [2.24, 2.45) is 0 Å². The second-order valence-corrected chi connectivity index (χ2v) is 13.3. The number of piperazine rings is 1. The number of carbonyl (C=O) groups excluding carboxylic acids is 3. The maximum atomic E-state index is 13.7. The molecule has 18 nitrogen and oxygen atoms in total. The van der Waals surface area contributed by atoms with Gasteiger partial charge in [-0.1, -0.05) is 6.07 Å². The van der Waals surface area contributed by atoms with Crippen molar-refractivity contribution < 1.29 is 33.7 Å². The number of Topliss-reactive ketones (excluding diaryl/α,β-unsaturated/α-hetero) is 1. The van der Waals surface area contributed by atoms with Crippen LogP contribution in [0.2, 0.25) is 0 Å². The molecular weight excluding hydrogens is 722 g/mol. The number of aliphatic hydroxyl groups excluding tert-OH is 1. The van der Waals surface area contributed by atoms with Crippen LogP contribution in [-0.4, -0.2) is 166 Å². The smallest absolute Gasteiger partial charge is 0.295 e. The van der Waals surface area contributed by atoms with Gasteiger partial charge in [-0.2, -0.15) is 9.94 Å². The Balaban J connectivity index is 1.000. The van der Waals surface area contributed by atoms with E-state index >= 15 is 0 Å². The first-order valence-corrected chi connectivity index (χ1v) is 18.7. The fourth-order valence-electron chi connectivity index (χ4n) is 6.80. The van der Waals surface area contributed by atoms with E-state index in [1.54, 1.807) is 18.3 Å². The van der Waals surface area contributed by atoms with E-state index in [9.17, 15) is 19.6 Å². The number of nitrogens with zero attached hydrogens (tertiary/aromatic N) is 9. The van der Waals surface area contributed by atoms with Crippen LogP contribution in [0.3, 0.4) is 0 Å². The number of pyridine rings is 2. The number of nitriles is 1. The first-order valence-electron chi connectivity index (χ1n) is 18.7. The predicted molar refractivity (Wildman–Crippen MR) is 203 cm³/mol. The molecule has 2 aliphatic heterocycles. The van der Waals surface area contributed by atoms with Crippen molar-refractivity contribution in [3.63, 3.8) is 0 Å². The summed E-state index contributed by atoms with van der Waals surface area (Å²) in [5.74, 6) is -1.29. The molecule has 2 fully saturated rings. The number of piperidine rings is 1. The largest absolute Gasteiger partial charge is 0.494 e. The number of fused-ring (bicyclic) bond motifs is 1. The van der Waals surface area contributed by atoms with E-state index in [0.29, 0.717) is 68.0 Å². The molecule has 6 rings (SSSR count). The van der Waals surface area contributed by atoms with Gasteiger partial charge in [-0.05, 0) is 43.5 Å². The Hall–Kier alpha value is -5.58. The minimum atomic E-state index is -0.715. The zero-order valence-electron chi connectivity index (χ0n) is 31.5. The third-order valence-corrected chi connectivity index (χ3v) is 9.83. The Kier molecular flexibility index (Phi) is 14.2. The molecule has 2 saturated heterocycles. The average Bonchev–Trinajstić information content (AvgIpc) is 3.92. The van der Waals surface area contributed by atoms with Gasteiger partial charge in [0, 0.05) is 64.8 Å². The molecule has 0 unspecified atom stereocenters. The molecule has 0 aliphatic carbocycles. The van der Waals surface area contributed by atoms with E-state index in [2.05, 4.69) is 46.2 Å². The van der Waals surface area contributed by atoms with Crippen molar-refractivity contribution in [2.75, 3.05) is 99.0 Å². The van der Waals surface area contributed by atoms with Crippen LogP contribution in [0.1, 0.15) is 45.9 Å². The molecule has 2 aliphatic rings. The molecule has 0 spiro atoms. The molecule has 0 atom stereocenters. The number of H-pyrrole nitrogens is 1. The summed E-state index contributed by atoms with van der Waals surface area (Å²) in [6.07, 6.45) is 7.54. The van der Waals surface area contributed by atoms with Crippen molar-refractivity contribution in [3.05, 3.63) is 65.8 Å². The van der Waals surface area contributed by atoms with E-state index in [1.807, 2.05) is 6.07 Å². The van der Waals surface area contributed by atoms with Crippen LogP contribution in [-0.2, 0) is 14.3 Å². The van der Waals surface area contributed by atoms with Crippen molar-refractivity contribution in [3.8, 4) is 17.6 Å². The van der Waals surface area contributed by atoms with Gasteiger partial charge < -0.3 is 39.4 Å².